The lowest BCUT2D eigenvalue weighted by Gasteiger charge is -2.10. The topological polar surface area (TPSA) is 109 Å². The summed E-state index contributed by atoms with van der Waals surface area (Å²) < 4.78 is 21.7. The smallest absolute Gasteiger partial charge is 0.210 e. The van der Waals surface area contributed by atoms with Gasteiger partial charge in [-0.15, -0.1) is 24.0 Å². The first-order valence-corrected chi connectivity index (χ1v) is 8.15. The van der Waals surface area contributed by atoms with Crippen molar-refractivity contribution in [2.45, 2.75) is 13.3 Å². The van der Waals surface area contributed by atoms with Crippen molar-refractivity contribution in [3.05, 3.63) is 30.1 Å². The Morgan fingerprint density at radius 3 is 2.71 bits per heavy atom. The van der Waals surface area contributed by atoms with Gasteiger partial charge >= 0.3 is 0 Å². The number of sulfonamides is 1. The van der Waals surface area contributed by atoms with Crippen LogP contribution in [0, 0.1) is 0 Å². The van der Waals surface area contributed by atoms with Crippen LogP contribution in [0.25, 0.3) is 0 Å². The van der Waals surface area contributed by atoms with Crippen LogP contribution < -0.4 is 15.8 Å². The molecule has 0 bridgehead atoms. The number of rotatable bonds is 7. The molecule has 0 amide bonds. The third-order valence-corrected chi connectivity index (χ3v) is 3.14. The molecular formula is C12H22IN5O2S. The monoisotopic (exact) mass is 427 g/mol. The third-order valence-electron chi connectivity index (χ3n) is 2.39. The van der Waals surface area contributed by atoms with Crippen molar-refractivity contribution in [3.8, 4) is 0 Å². The fourth-order valence-electron chi connectivity index (χ4n) is 1.48. The molecule has 0 aliphatic rings. The number of hydrogen-bond donors (Lipinski definition) is 3. The number of nitrogens with one attached hydrogen (secondary N) is 2. The van der Waals surface area contributed by atoms with Gasteiger partial charge in [0.2, 0.25) is 10.0 Å². The highest BCUT2D eigenvalue weighted by Crippen LogP contribution is 1.93. The molecule has 0 saturated heterocycles. The third kappa shape index (κ3) is 10.4. The lowest BCUT2D eigenvalue weighted by molar-refractivity contribution is 0.597. The van der Waals surface area contributed by atoms with Crippen LogP contribution in [0.5, 0.6) is 0 Å². The number of primary sulfonamides is 1. The molecule has 0 spiro atoms. The predicted molar refractivity (Wildman–Crippen MR) is 95.3 cm³/mol. The van der Waals surface area contributed by atoms with Crippen LogP contribution in [0.3, 0.4) is 0 Å². The van der Waals surface area contributed by atoms with Crippen LogP contribution in [-0.2, 0) is 16.4 Å². The lowest BCUT2D eigenvalue weighted by atomic mass is 10.3. The zero-order valence-electron chi connectivity index (χ0n) is 11.9. The van der Waals surface area contributed by atoms with E-state index in [1.165, 1.54) is 0 Å². The fraction of sp³-hybridized carbons (Fsp3) is 0.500. The zero-order valence-corrected chi connectivity index (χ0v) is 15.1. The molecule has 0 aliphatic carbocycles. The van der Waals surface area contributed by atoms with E-state index in [0.29, 0.717) is 19.0 Å². The van der Waals surface area contributed by atoms with Gasteiger partial charge in [0.15, 0.2) is 5.96 Å². The first-order valence-electron chi connectivity index (χ1n) is 6.44. The van der Waals surface area contributed by atoms with Crippen molar-refractivity contribution in [2.75, 3.05) is 25.4 Å². The van der Waals surface area contributed by atoms with Gasteiger partial charge in [0.25, 0.3) is 0 Å². The molecule has 0 fully saturated rings. The summed E-state index contributed by atoms with van der Waals surface area (Å²) in [6.07, 6.45) is 2.52. The van der Waals surface area contributed by atoms with Crippen molar-refractivity contribution >= 4 is 40.0 Å². The van der Waals surface area contributed by atoms with Crippen LogP contribution in [0.2, 0.25) is 0 Å². The lowest BCUT2D eigenvalue weighted by Crippen LogP contribution is -2.38. The number of aliphatic imine (C=N–C) groups is 1. The molecule has 0 saturated carbocycles. The van der Waals surface area contributed by atoms with Gasteiger partial charge in [0.1, 0.15) is 0 Å². The van der Waals surface area contributed by atoms with Gasteiger partial charge in [0, 0.05) is 31.4 Å². The van der Waals surface area contributed by atoms with Crippen LogP contribution in [-0.4, -0.2) is 44.7 Å². The van der Waals surface area contributed by atoms with Gasteiger partial charge in [-0.2, -0.15) is 0 Å². The fourth-order valence-corrected chi connectivity index (χ4v) is 1.83. The second-order valence-corrected chi connectivity index (χ2v) is 5.86. The standard InChI is InChI=1S/C12H21N5O2S.HI/c1-2-14-12(17-9-10-20(13,18)19)16-8-6-11-5-3-4-7-15-11;/h3-5,7H,2,6,8-10H2,1H3,(H2,13,18,19)(H2,14,16,17);1H. The van der Waals surface area contributed by atoms with Crippen molar-refractivity contribution in [3.63, 3.8) is 0 Å². The van der Waals surface area contributed by atoms with E-state index in [9.17, 15) is 8.42 Å². The van der Waals surface area contributed by atoms with Crippen LogP contribution in [0.15, 0.2) is 29.4 Å². The molecule has 0 aromatic carbocycles. The van der Waals surface area contributed by atoms with E-state index < -0.39 is 10.0 Å². The first kappa shape index (κ1) is 20.1. The van der Waals surface area contributed by atoms with Gasteiger partial charge in [0.05, 0.1) is 12.3 Å². The van der Waals surface area contributed by atoms with Crippen molar-refractivity contribution < 1.29 is 8.42 Å². The van der Waals surface area contributed by atoms with E-state index in [0.717, 1.165) is 12.1 Å². The SMILES string of the molecule is CCNC(=NCCS(N)(=O)=O)NCCc1ccccn1.I. The molecule has 120 valence electrons. The van der Waals surface area contributed by atoms with E-state index >= 15 is 0 Å². The molecule has 0 aliphatic heterocycles. The highest BCUT2D eigenvalue weighted by Gasteiger charge is 2.02. The Morgan fingerprint density at radius 1 is 1.38 bits per heavy atom. The van der Waals surface area contributed by atoms with Crippen LogP contribution in [0.4, 0.5) is 0 Å². The molecular weight excluding hydrogens is 405 g/mol. The van der Waals surface area contributed by atoms with Gasteiger partial charge in [-0.25, -0.2) is 13.6 Å². The van der Waals surface area contributed by atoms with Crippen molar-refractivity contribution in [2.24, 2.45) is 10.1 Å². The normalized spacial score (nSPS) is 11.6. The molecule has 9 heteroatoms. The highest BCUT2D eigenvalue weighted by atomic mass is 127. The number of nitrogens with zero attached hydrogens (tertiary/aromatic N) is 2. The molecule has 7 nitrogen and oxygen atoms in total. The minimum absolute atomic E-state index is 0. The summed E-state index contributed by atoms with van der Waals surface area (Å²) in [7, 11) is -3.47. The van der Waals surface area contributed by atoms with Crippen LogP contribution >= 0.6 is 24.0 Å². The minimum Gasteiger partial charge on any atom is -0.357 e. The van der Waals surface area contributed by atoms with Gasteiger partial charge < -0.3 is 10.6 Å². The average Bonchev–Trinajstić information content (AvgIpc) is 2.38. The van der Waals surface area contributed by atoms with E-state index in [1.54, 1.807) is 6.20 Å². The minimum atomic E-state index is -3.47. The molecule has 4 N–H and O–H groups in total. The Hall–Kier alpha value is -0.940. The number of pyridine rings is 1. The molecule has 21 heavy (non-hydrogen) atoms. The Balaban J connectivity index is 0.00000400. The van der Waals surface area contributed by atoms with Gasteiger partial charge in [-0.1, -0.05) is 6.07 Å². The van der Waals surface area contributed by atoms with Gasteiger partial charge in [-0.05, 0) is 19.1 Å². The maximum atomic E-state index is 10.8. The van der Waals surface area contributed by atoms with E-state index in [4.69, 9.17) is 5.14 Å². The summed E-state index contributed by atoms with van der Waals surface area (Å²) in [4.78, 5) is 8.36. The summed E-state index contributed by atoms with van der Waals surface area (Å²) in [5.41, 5.74) is 0.986. The molecule has 1 aromatic heterocycles. The number of aromatic nitrogens is 1. The number of halogens is 1. The highest BCUT2D eigenvalue weighted by molar-refractivity contribution is 14.0. The summed E-state index contributed by atoms with van der Waals surface area (Å²) in [5, 5.41) is 11.1. The summed E-state index contributed by atoms with van der Waals surface area (Å²) in [6.45, 7) is 3.44. The maximum absolute atomic E-state index is 10.8. The molecule has 0 radical (unpaired) electrons. The summed E-state index contributed by atoms with van der Waals surface area (Å²) >= 11 is 0. The molecule has 1 heterocycles. The quantitative estimate of drug-likeness (QED) is 0.325. The molecule has 1 aromatic rings. The van der Waals surface area contributed by atoms with Crippen molar-refractivity contribution in [1.29, 1.82) is 0 Å². The first-order chi connectivity index (χ1) is 9.51. The average molecular weight is 427 g/mol. The predicted octanol–water partition coefficient (Wildman–Crippen LogP) is 0.0857. The zero-order chi connectivity index (χ0) is 14.8. The Morgan fingerprint density at radius 2 is 2.14 bits per heavy atom. The largest absolute Gasteiger partial charge is 0.357 e. The number of hydrogen-bond acceptors (Lipinski definition) is 4. The van der Waals surface area contributed by atoms with Crippen LogP contribution in [0.1, 0.15) is 12.6 Å². The Bertz CT molecular complexity index is 522. The number of nitrogens with two attached hydrogens (primary N) is 1. The second-order valence-electron chi connectivity index (χ2n) is 4.13. The van der Waals surface area contributed by atoms with Crippen molar-refractivity contribution in [1.82, 2.24) is 15.6 Å². The van der Waals surface area contributed by atoms with Gasteiger partial charge in [-0.3, -0.25) is 9.98 Å². The Kier molecular flexibility index (Phi) is 10.3. The summed E-state index contributed by atoms with van der Waals surface area (Å²) in [6, 6.07) is 5.76. The van der Waals surface area contributed by atoms with E-state index in [2.05, 4.69) is 20.6 Å². The second kappa shape index (κ2) is 10.7. The molecule has 0 atom stereocenters. The van der Waals surface area contributed by atoms with E-state index in [-0.39, 0.29) is 36.3 Å². The maximum Gasteiger partial charge on any atom is 0.210 e. The number of guanidine groups is 1. The Labute approximate surface area is 142 Å². The summed E-state index contributed by atoms with van der Waals surface area (Å²) in [5.74, 6) is 0.413. The van der Waals surface area contributed by atoms with E-state index in [1.807, 2.05) is 25.1 Å². The molecule has 1 rings (SSSR count). The molecule has 0 unspecified atom stereocenters.